The Morgan fingerprint density at radius 1 is 1.35 bits per heavy atom. The molecule has 118 valence electrons. The third-order valence-corrected chi connectivity index (χ3v) is 5.58. The monoisotopic (exact) mass is 284 g/mol. The van der Waals surface area contributed by atoms with Crippen molar-refractivity contribution in [2.45, 2.75) is 52.2 Å². The highest BCUT2D eigenvalue weighted by Gasteiger charge is 2.66. The van der Waals surface area contributed by atoms with Crippen LogP contribution in [0.15, 0.2) is 0 Å². The number of hydrogen-bond donors (Lipinski definition) is 1. The van der Waals surface area contributed by atoms with Gasteiger partial charge in [-0.3, -0.25) is 4.90 Å². The van der Waals surface area contributed by atoms with Crippen LogP contribution in [-0.2, 0) is 9.47 Å². The van der Waals surface area contributed by atoms with Crippen LogP contribution in [0.5, 0.6) is 0 Å². The minimum Gasteiger partial charge on any atom is -0.380 e. The molecule has 2 aliphatic rings. The van der Waals surface area contributed by atoms with E-state index in [4.69, 9.17) is 15.2 Å². The summed E-state index contributed by atoms with van der Waals surface area (Å²) in [5, 5.41) is 0. The van der Waals surface area contributed by atoms with Crippen LogP contribution in [0, 0.1) is 11.3 Å². The van der Waals surface area contributed by atoms with Crippen LogP contribution in [0.25, 0.3) is 0 Å². The molecule has 0 radical (unpaired) electrons. The smallest absolute Gasteiger partial charge is 0.0690 e. The van der Waals surface area contributed by atoms with E-state index in [2.05, 4.69) is 25.7 Å². The summed E-state index contributed by atoms with van der Waals surface area (Å²) in [6.07, 6.45) is 2.72. The van der Waals surface area contributed by atoms with Crippen molar-refractivity contribution in [2.24, 2.45) is 17.1 Å². The fraction of sp³-hybridized carbons (Fsp3) is 1.00. The Kier molecular flexibility index (Phi) is 5.11. The molecule has 2 rings (SSSR count). The van der Waals surface area contributed by atoms with E-state index in [1.165, 1.54) is 6.42 Å². The number of nitrogens with two attached hydrogens (primary N) is 1. The van der Waals surface area contributed by atoms with Gasteiger partial charge in [-0.05, 0) is 26.3 Å². The summed E-state index contributed by atoms with van der Waals surface area (Å²) in [7, 11) is 0. The molecule has 4 heteroatoms. The first-order chi connectivity index (χ1) is 9.47. The van der Waals surface area contributed by atoms with Crippen molar-refractivity contribution in [3.8, 4) is 0 Å². The van der Waals surface area contributed by atoms with Crippen molar-refractivity contribution < 1.29 is 9.47 Å². The Balaban J connectivity index is 1.98. The van der Waals surface area contributed by atoms with Gasteiger partial charge in [-0.2, -0.15) is 0 Å². The minimum atomic E-state index is -0.125. The standard InChI is InChI=1S/C16H32N2O2/c1-5-18(9-11-19-6-2)12-16(17)13-8-7-10-20-14(13)15(16,3)4/h13-14H,5-12,17H2,1-4H3. The molecule has 3 atom stereocenters. The molecule has 1 saturated heterocycles. The number of ether oxygens (including phenoxy) is 2. The molecule has 4 nitrogen and oxygen atoms in total. The molecule has 0 aromatic rings. The molecule has 3 unspecified atom stereocenters. The second kappa shape index (κ2) is 6.30. The zero-order chi connectivity index (χ0) is 14.8. The topological polar surface area (TPSA) is 47.7 Å². The molecule has 1 heterocycles. The molecule has 0 aromatic carbocycles. The molecular formula is C16H32N2O2. The van der Waals surface area contributed by atoms with Crippen LogP contribution in [0.1, 0.15) is 40.5 Å². The lowest BCUT2D eigenvalue weighted by Gasteiger charge is -2.67. The van der Waals surface area contributed by atoms with Gasteiger partial charge in [0.2, 0.25) is 0 Å². The first-order valence-electron chi connectivity index (χ1n) is 8.18. The van der Waals surface area contributed by atoms with Crippen molar-refractivity contribution in [3.05, 3.63) is 0 Å². The Bertz CT molecular complexity index is 322. The average molecular weight is 284 g/mol. The summed E-state index contributed by atoms with van der Waals surface area (Å²) in [4.78, 5) is 2.43. The molecule has 1 saturated carbocycles. The number of fused-ring (bicyclic) bond motifs is 1. The third-order valence-electron chi connectivity index (χ3n) is 5.58. The van der Waals surface area contributed by atoms with Crippen LogP contribution in [0.4, 0.5) is 0 Å². The fourth-order valence-corrected chi connectivity index (χ4v) is 4.04. The molecule has 1 aliphatic carbocycles. The zero-order valence-corrected chi connectivity index (χ0v) is 13.7. The van der Waals surface area contributed by atoms with Gasteiger partial charge >= 0.3 is 0 Å². The first-order valence-corrected chi connectivity index (χ1v) is 8.18. The quantitative estimate of drug-likeness (QED) is 0.725. The van der Waals surface area contributed by atoms with E-state index in [9.17, 15) is 0 Å². The van der Waals surface area contributed by atoms with Gasteiger partial charge in [-0.15, -0.1) is 0 Å². The zero-order valence-electron chi connectivity index (χ0n) is 13.7. The van der Waals surface area contributed by atoms with Crippen LogP contribution in [0.2, 0.25) is 0 Å². The van der Waals surface area contributed by atoms with E-state index in [1.54, 1.807) is 0 Å². The van der Waals surface area contributed by atoms with Crippen molar-refractivity contribution in [2.75, 3.05) is 39.5 Å². The van der Waals surface area contributed by atoms with Gasteiger partial charge in [0, 0.05) is 43.2 Å². The minimum absolute atomic E-state index is 0.0666. The lowest BCUT2D eigenvalue weighted by atomic mass is 9.46. The third kappa shape index (κ3) is 2.63. The van der Waals surface area contributed by atoms with Crippen molar-refractivity contribution in [3.63, 3.8) is 0 Å². The normalized spacial score (nSPS) is 35.7. The van der Waals surface area contributed by atoms with Crippen molar-refractivity contribution in [1.29, 1.82) is 0 Å². The highest BCUT2D eigenvalue weighted by Crippen LogP contribution is 2.57. The van der Waals surface area contributed by atoms with Crippen LogP contribution in [0.3, 0.4) is 0 Å². The molecule has 2 fully saturated rings. The molecule has 1 aliphatic heterocycles. The largest absolute Gasteiger partial charge is 0.380 e. The Hall–Kier alpha value is -0.160. The van der Waals surface area contributed by atoms with Gasteiger partial charge in [-0.25, -0.2) is 0 Å². The average Bonchev–Trinajstić information content (AvgIpc) is 2.46. The predicted molar refractivity (Wildman–Crippen MR) is 81.8 cm³/mol. The van der Waals surface area contributed by atoms with Crippen LogP contribution in [-0.4, -0.2) is 56.0 Å². The summed E-state index contributed by atoms with van der Waals surface area (Å²) in [5.74, 6) is 0.521. The van der Waals surface area contributed by atoms with Crippen LogP contribution >= 0.6 is 0 Å². The maximum absolute atomic E-state index is 6.85. The lowest BCUT2D eigenvalue weighted by molar-refractivity contribution is -0.232. The van der Waals surface area contributed by atoms with Gasteiger partial charge in [0.1, 0.15) is 0 Å². The Morgan fingerprint density at radius 3 is 2.75 bits per heavy atom. The SMILES string of the molecule is CCOCCN(CC)CC1(N)C2CCCOC2C1(C)C. The van der Waals surface area contributed by atoms with Gasteiger partial charge in [-0.1, -0.05) is 20.8 Å². The second-order valence-electron chi connectivity index (χ2n) is 6.87. The maximum Gasteiger partial charge on any atom is 0.0690 e. The second-order valence-corrected chi connectivity index (χ2v) is 6.87. The summed E-state index contributed by atoms with van der Waals surface area (Å²) in [5.41, 5.74) is 6.80. The van der Waals surface area contributed by atoms with E-state index >= 15 is 0 Å². The first kappa shape index (κ1) is 16.2. The van der Waals surface area contributed by atoms with Gasteiger partial charge in [0.05, 0.1) is 12.7 Å². The number of nitrogens with zero attached hydrogens (tertiary/aromatic N) is 1. The highest BCUT2D eigenvalue weighted by molar-refractivity contribution is 5.20. The fourth-order valence-electron chi connectivity index (χ4n) is 4.04. The number of likely N-dealkylation sites (N-methyl/N-ethyl adjacent to an activating group) is 1. The number of rotatable bonds is 7. The van der Waals surface area contributed by atoms with Gasteiger partial charge < -0.3 is 15.2 Å². The van der Waals surface area contributed by atoms with Gasteiger partial charge in [0.15, 0.2) is 0 Å². The predicted octanol–water partition coefficient (Wildman–Crippen LogP) is 1.88. The van der Waals surface area contributed by atoms with Gasteiger partial charge in [0.25, 0.3) is 0 Å². The molecule has 20 heavy (non-hydrogen) atoms. The number of hydrogen-bond acceptors (Lipinski definition) is 4. The van der Waals surface area contributed by atoms with E-state index < -0.39 is 0 Å². The Labute approximate surface area is 124 Å². The van der Waals surface area contributed by atoms with Crippen molar-refractivity contribution in [1.82, 2.24) is 4.90 Å². The van der Waals surface area contributed by atoms with E-state index in [0.717, 1.165) is 45.9 Å². The summed E-state index contributed by atoms with van der Waals surface area (Å²) in [6, 6.07) is 0. The van der Waals surface area contributed by atoms with E-state index in [-0.39, 0.29) is 11.0 Å². The molecule has 0 amide bonds. The van der Waals surface area contributed by atoms with Crippen LogP contribution < -0.4 is 5.73 Å². The lowest BCUT2D eigenvalue weighted by Crippen LogP contribution is -2.80. The highest BCUT2D eigenvalue weighted by atomic mass is 16.5. The molecule has 2 N–H and O–H groups in total. The summed E-state index contributed by atoms with van der Waals surface area (Å²) in [6.45, 7) is 14.2. The Morgan fingerprint density at radius 2 is 2.10 bits per heavy atom. The molecule has 0 spiro atoms. The van der Waals surface area contributed by atoms with E-state index in [1.807, 2.05) is 6.92 Å². The summed E-state index contributed by atoms with van der Waals surface area (Å²) < 4.78 is 11.5. The maximum atomic E-state index is 6.85. The van der Waals surface area contributed by atoms with E-state index in [0.29, 0.717) is 12.0 Å². The van der Waals surface area contributed by atoms with Crippen molar-refractivity contribution >= 4 is 0 Å². The molecule has 0 aromatic heterocycles. The molecule has 0 bridgehead atoms. The molecular weight excluding hydrogens is 252 g/mol. The summed E-state index contributed by atoms with van der Waals surface area (Å²) >= 11 is 0.